The summed E-state index contributed by atoms with van der Waals surface area (Å²) >= 11 is 0. The highest BCUT2D eigenvalue weighted by Gasteiger charge is 2.24. The lowest BCUT2D eigenvalue weighted by Gasteiger charge is -2.37. The second-order valence-corrected chi connectivity index (χ2v) is 7.55. The molecule has 0 bridgehead atoms. The highest BCUT2D eigenvalue weighted by Crippen LogP contribution is 2.23. The highest BCUT2D eigenvalue weighted by atomic mass is 19.1. The molecule has 3 heterocycles. The Balaban J connectivity index is 1.54. The van der Waals surface area contributed by atoms with Crippen LogP contribution >= 0.6 is 0 Å². The fraction of sp³-hybridized carbons (Fsp3) is 0.304. The topological polar surface area (TPSA) is 86.8 Å². The molecule has 158 valence electrons. The number of nitrogens with one attached hydrogen (secondary N) is 1. The minimum atomic E-state index is -0.338. The van der Waals surface area contributed by atoms with Gasteiger partial charge in [0.15, 0.2) is 0 Å². The number of nitrogens with zero attached hydrogens (tertiary/aromatic N) is 5. The van der Waals surface area contributed by atoms with Crippen LogP contribution in [-0.4, -0.2) is 33.9 Å². The predicted molar refractivity (Wildman–Crippen MR) is 116 cm³/mol. The van der Waals surface area contributed by atoms with Crippen molar-refractivity contribution in [2.24, 2.45) is 0 Å². The van der Waals surface area contributed by atoms with Gasteiger partial charge in [0.2, 0.25) is 0 Å². The van der Waals surface area contributed by atoms with Gasteiger partial charge in [0.25, 0.3) is 5.56 Å². The SMILES string of the molecule is N#Cc1cccnc1NCC1CCCCN1c1ccc(=O)n(Cc2cccc(F)c2)n1. The molecule has 4 rings (SSSR count). The molecule has 7 nitrogen and oxygen atoms in total. The number of halogens is 1. The third-order valence-electron chi connectivity index (χ3n) is 5.43. The summed E-state index contributed by atoms with van der Waals surface area (Å²) in [6, 6.07) is 15.2. The van der Waals surface area contributed by atoms with Crippen molar-refractivity contribution in [3.63, 3.8) is 0 Å². The van der Waals surface area contributed by atoms with Crippen molar-refractivity contribution in [2.45, 2.75) is 31.8 Å². The first-order chi connectivity index (χ1) is 15.1. The molecule has 2 aromatic heterocycles. The fourth-order valence-corrected chi connectivity index (χ4v) is 3.88. The summed E-state index contributed by atoms with van der Waals surface area (Å²) in [6.45, 7) is 1.64. The maximum Gasteiger partial charge on any atom is 0.267 e. The molecule has 0 amide bonds. The molecule has 1 aromatic carbocycles. The number of rotatable bonds is 6. The Morgan fingerprint density at radius 1 is 1.19 bits per heavy atom. The summed E-state index contributed by atoms with van der Waals surface area (Å²) < 4.78 is 14.9. The van der Waals surface area contributed by atoms with E-state index in [1.54, 1.807) is 36.5 Å². The quantitative estimate of drug-likeness (QED) is 0.662. The van der Waals surface area contributed by atoms with Crippen molar-refractivity contribution in [1.82, 2.24) is 14.8 Å². The Labute approximate surface area is 179 Å². The fourth-order valence-electron chi connectivity index (χ4n) is 3.88. The smallest absolute Gasteiger partial charge is 0.267 e. The average molecular weight is 418 g/mol. The second kappa shape index (κ2) is 9.39. The highest BCUT2D eigenvalue weighted by molar-refractivity contribution is 5.51. The van der Waals surface area contributed by atoms with Gasteiger partial charge in [-0.25, -0.2) is 14.1 Å². The molecule has 1 unspecified atom stereocenters. The summed E-state index contributed by atoms with van der Waals surface area (Å²) in [6.07, 6.45) is 4.76. The van der Waals surface area contributed by atoms with Crippen LogP contribution in [-0.2, 0) is 6.54 Å². The average Bonchev–Trinajstić information content (AvgIpc) is 2.79. The maximum absolute atomic E-state index is 13.5. The molecule has 1 aliphatic heterocycles. The van der Waals surface area contributed by atoms with Crippen molar-refractivity contribution < 1.29 is 4.39 Å². The van der Waals surface area contributed by atoms with Gasteiger partial charge in [-0.1, -0.05) is 12.1 Å². The molecular formula is C23H23FN6O. The Kier molecular flexibility index (Phi) is 6.22. The minimum Gasteiger partial charge on any atom is -0.367 e. The number of nitriles is 1. The Bertz CT molecular complexity index is 1160. The predicted octanol–water partition coefficient (Wildman–Crippen LogP) is 3.17. The molecule has 0 saturated carbocycles. The van der Waals surface area contributed by atoms with E-state index in [1.165, 1.54) is 22.9 Å². The second-order valence-electron chi connectivity index (χ2n) is 7.55. The van der Waals surface area contributed by atoms with Gasteiger partial charge < -0.3 is 10.2 Å². The number of piperidine rings is 1. The molecule has 31 heavy (non-hydrogen) atoms. The minimum absolute atomic E-state index is 0.148. The Morgan fingerprint density at radius 2 is 2.10 bits per heavy atom. The molecule has 8 heteroatoms. The van der Waals surface area contributed by atoms with Crippen molar-refractivity contribution >= 4 is 11.6 Å². The van der Waals surface area contributed by atoms with Gasteiger partial charge >= 0.3 is 0 Å². The van der Waals surface area contributed by atoms with Crippen molar-refractivity contribution in [1.29, 1.82) is 5.26 Å². The Hall–Kier alpha value is -3.73. The zero-order chi connectivity index (χ0) is 21.6. The number of aromatic nitrogens is 3. The van der Waals surface area contributed by atoms with Crippen LogP contribution in [0.2, 0.25) is 0 Å². The lowest BCUT2D eigenvalue weighted by Crippen LogP contribution is -2.45. The summed E-state index contributed by atoms with van der Waals surface area (Å²) in [5.41, 5.74) is 0.960. The van der Waals surface area contributed by atoms with Crippen LogP contribution < -0.4 is 15.8 Å². The molecular weight excluding hydrogens is 395 g/mol. The van der Waals surface area contributed by atoms with Crippen LogP contribution in [0.5, 0.6) is 0 Å². The zero-order valence-corrected chi connectivity index (χ0v) is 17.0. The lowest BCUT2D eigenvalue weighted by atomic mass is 10.0. The number of benzene rings is 1. The first-order valence-corrected chi connectivity index (χ1v) is 10.3. The van der Waals surface area contributed by atoms with Gasteiger partial charge in [0.05, 0.1) is 12.1 Å². The van der Waals surface area contributed by atoms with Crippen molar-refractivity contribution in [2.75, 3.05) is 23.3 Å². The first-order valence-electron chi connectivity index (χ1n) is 10.3. The largest absolute Gasteiger partial charge is 0.367 e. The van der Waals surface area contributed by atoms with Crippen molar-refractivity contribution in [3.05, 3.63) is 82.0 Å². The van der Waals surface area contributed by atoms with Gasteiger partial charge in [-0.3, -0.25) is 4.79 Å². The van der Waals surface area contributed by atoms with E-state index < -0.39 is 0 Å². The van der Waals surface area contributed by atoms with Crippen LogP contribution in [0.3, 0.4) is 0 Å². The summed E-state index contributed by atoms with van der Waals surface area (Å²) in [7, 11) is 0. The molecule has 0 spiro atoms. The summed E-state index contributed by atoms with van der Waals surface area (Å²) in [5, 5.41) is 17.1. The monoisotopic (exact) mass is 418 g/mol. The van der Waals surface area contributed by atoms with E-state index in [1.807, 2.05) is 0 Å². The molecule has 1 aliphatic rings. The number of anilines is 2. The summed E-state index contributed by atoms with van der Waals surface area (Å²) in [4.78, 5) is 18.8. The third kappa shape index (κ3) is 4.89. The van der Waals surface area contributed by atoms with E-state index in [0.29, 0.717) is 29.3 Å². The normalized spacial score (nSPS) is 16.0. The van der Waals surface area contributed by atoms with Gasteiger partial charge in [-0.2, -0.15) is 10.4 Å². The van der Waals surface area contributed by atoms with Crippen LogP contribution in [0.4, 0.5) is 16.0 Å². The van der Waals surface area contributed by atoms with Crippen LogP contribution in [0.1, 0.15) is 30.4 Å². The van der Waals surface area contributed by atoms with E-state index in [0.717, 1.165) is 25.8 Å². The van der Waals surface area contributed by atoms with Gasteiger partial charge in [-0.05, 0) is 55.2 Å². The third-order valence-corrected chi connectivity index (χ3v) is 5.43. The van der Waals surface area contributed by atoms with Gasteiger partial charge in [-0.15, -0.1) is 0 Å². The van der Waals surface area contributed by atoms with Crippen LogP contribution in [0.25, 0.3) is 0 Å². The van der Waals surface area contributed by atoms with Gasteiger partial charge in [0, 0.05) is 31.4 Å². The molecule has 0 radical (unpaired) electrons. The summed E-state index contributed by atoms with van der Waals surface area (Å²) in [5.74, 6) is 0.943. The molecule has 1 fully saturated rings. The van der Waals surface area contributed by atoms with E-state index in [9.17, 15) is 14.4 Å². The van der Waals surface area contributed by atoms with E-state index >= 15 is 0 Å². The molecule has 0 aliphatic carbocycles. The molecule has 1 saturated heterocycles. The van der Waals surface area contributed by atoms with Gasteiger partial charge in [0.1, 0.15) is 23.5 Å². The van der Waals surface area contributed by atoms with Crippen LogP contribution in [0, 0.1) is 17.1 Å². The van der Waals surface area contributed by atoms with Crippen LogP contribution in [0.15, 0.2) is 59.5 Å². The number of hydrogen-bond donors (Lipinski definition) is 1. The molecule has 1 N–H and O–H groups in total. The first kappa shape index (κ1) is 20.5. The lowest BCUT2D eigenvalue weighted by molar-refractivity contribution is 0.462. The zero-order valence-electron chi connectivity index (χ0n) is 17.0. The molecule has 3 aromatic rings. The molecule has 1 atom stereocenters. The van der Waals surface area contributed by atoms with E-state index in [-0.39, 0.29) is 24.0 Å². The maximum atomic E-state index is 13.5. The van der Waals surface area contributed by atoms with E-state index in [4.69, 9.17) is 0 Å². The standard InChI is InChI=1S/C23H23FN6O/c24-19-7-3-5-17(13-19)16-30-22(31)10-9-21(28-30)29-12-2-1-8-20(29)15-27-23-18(14-25)6-4-11-26-23/h3-7,9-11,13,20H,1-2,8,12,15-16H2,(H,26,27). The van der Waals surface area contributed by atoms with Crippen molar-refractivity contribution in [3.8, 4) is 6.07 Å². The number of hydrogen-bond acceptors (Lipinski definition) is 6. The van der Waals surface area contributed by atoms with E-state index in [2.05, 4.69) is 26.4 Å². The Morgan fingerprint density at radius 3 is 2.94 bits per heavy atom. The number of pyridine rings is 1.